The Labute approximate surface area is 205 Å². The SMILES string of the molecule is C[C@H](CCC(=O)NCCS(=O)(=O)O)[C@H]1CCC2[C@@H]3[C@H](O)C[C@@H]4C[C@H](O)CC[C@]4(C)[C@H]3CC[C@@]21C. The first-order valence-electron chi connectivity index (χ1n) is 13.4. The van der Waals surface area contributed by atoms with Gasteiger partial charge in [0.1, 0.15) is 0 Å². The minimum Gasteiger partial charge on any atom is -0.393 e. The fourth-order valence-corrected chi connectivity index (χ4v) is 9.50. The van der Waals surface area contributed by atoms with Crippen molar-refractivity contribution in [2.24, 2.45) is 46.3 Å². The molecule has 0 heterocycles. The van der Waals surface area contributed by atoms with Gasteiger partial charge in [-0.25, -0.2) is 0 Å². The molecule has 8 heteroatoms. The zero-order chi connectivity index (χ0) is 24.9. The predicted molar refractivity (Wildman–Crippen MR) is 130 cm³/mol. The predicted octanol–water partition coefficient (Wildman–Crippen LogP) is 3.40. The van der Waals surface area contributed by atoms with Gasteiger partial charge in [-0.05, 0) is 104 Å². The van der Waals surface area contributed by atoms with Crippen molar-refractivity contribution in [3.8, 4) is 0 Å². The van der Waals surface area contributed by atoms with Crippen molar-refractivity contribution < 1.29 is 28.0 Å². The third-order valence-electron chi connectivity index (χ3n) is 10.9. The van der Waals surface area contributed by atoms with E-state index in [1.54, 1.807) is 0 Å². The highest BCUT2D eigenvalue weighted by molar-refractivity contribution is 7.85. The second-order valence-corrected chi connectivity index (χ2v) is 14.2. The summed E-state index contributed by atoms with van der Waals surface area (Å²) < 4.78 is 30.5. The van der Waals surface area contributed by atoms with Gasteiger partial charge in [-0.3, -0.25) is 9.35 Å². The van der Waals surface area contributed by atoms with E-state index in [0.717, 1.165) is 51.4 Å². The first-order chi connectivity index (χ1) is 15.8. The Bertz CT molecular complexity index is 863. The fourth-order valence-electron chi connectivity index (χ4n) is 9.14. The number of fused-ring (bicyclic) bond motifs is 5. The van der Waals surface area contributed by atoms with Crippen LogP contribution in [0.4, 0.5) is 0 Å². The van der Waals surface area contributed by atoms with Crippen molar-refractivity contribution in [3.05, 3.63) is 0 Å². The molecule has 4 saturated carbocycles. The van der Waals surface area contributed by atoms with Crippen molar-refractivity contribution in [2.75, 3.05) is 12.3 Å². The molecule has 196 valence electrons. The Morgan fingerprint density at radius 2 is 1.71 bits per heavy atom. The normalized spacial score (nSPS) is 45.1. The van der Waals surface area contributed by atoms with Crippen molar-refractivity contribution in [1.29, 1.82) is 0 Å². The second-order valence-electron chi connectivity index (χ2n) is 12.6. The topological polar surface area (TPSA) is 124 Å². The molecule has 1 amide bonds. The van der Waals surface area contributed by atoms with E-state index in [-0.39, 0.29) is 35.5 Å². The molecule has 4 fully saturated rings. The van der Waals surface area contributed by atoms with Gasteiger partial charge in [-0.1, -0.05) is 20.8 Å². The molecule has 4 N–H and O–H groups in total. The summed E-state index contributed by atoms with van der Waals surface area (Å²) in [6, 6.07) is 0. The summed E-state index contributed by atoms with van der Waals surface area (Å²) in [5.74, 6) is 2.10. The summed E-state index contributed by atoms with van der Waals surface area (Å²) in [6.07, 6.45) is 8.87. The van der Waals surface area contributed by atoms with E-state index in [4.69, 9.17) is 4.55 Å². The molecule has 0 bridgehead atoms. The van der Waals surface area contributed by atoms with Gasteiger partial charge in [0.2, 0.25) is 5.91 Å². The average molecular weight is 500 g/mol. The fraction of sp³-hybridized carbons (Fsp3) is 0.962. The Hall–Kier alpha value is -0.700. The minimum absolute atomic E-state index is 0.0625. The van der Waals surface area contributed by atoms with E-state index in [2.05, 4.69) is 26.1 Å². The van der Waals surface area contributed by atoms with Crippen molar-refractivity contribution >= 4 is 16.0 Å². The van der Waals surface area contributed by atoms with E-state index in [9.17, 15) is 23.4 Å². The molecular formula is C26H45NO6S. The van der Waals surface area contributed by atoms with Crippen LogP contribution < -0.4 is 5.32 Å². The third-order valence-corrected chi connectivity index (χ3v) is 11.6. The van der Waals surface area contributed by atoms with E-state index < -0.39 is 15.9 Å². The van der Waals surface area contributed by atoms with Gasteiger partial charge in [0.05, 0.1) is 18.0 Å². The molecule has 7 nitrogen and oxygen atoms in total. The zero-order valence-electron chi connectivity index (χ0n) is 21.1. The van der Waals surface area contributed by atoms with E-state index in [0.29, 0.717) is 41.9 Å². The number of amides is 1. The van der Waals surface area contributed by atoms with Gasteiger partial charge in [-0.15, -0.1) is 0 Å². The third kappa shape index (κ3) is 4.94. The van der Waals surface area contributed by atoms with Crippen LogP contribution in [0, 0.1) is 46.3 Å². The Morgan fingerprint density at radius 1 is 1.03 bits per heavy atom. The molecule has 0 radical (unpaired) electrons. The molecule has 4 aliphatic carbocycles. The van der Waals surface area contributed by atoms with E-state index >= 15 is 0 Å². The van der Waals surface area contributed by atoms with Crippen LogP contribution in [0.1, 0.15) is 85.0 Å². The molecule has 0 aromatic heterocycles. The maximum absolute atomic E-state index is 12.2. The molecular weight excluding hydrogens is 454 g/mol. The molecule has 0 saturated heterocycles. The molecule has 4 aliphatic rings. The molecule has 0 aromatic rings. The van der Waals surface area contributed by atoms with Crippen LogP contribution in [0.3, 0.4) is 0 Å². The van der Waals surface area contributed by atoms with Gasteiger partial charge in [-0.2, -0.15) is 8.42 Å². The number of aliphatic hydroxyl groups excluding tert-OH is 2. The van der Waals surface area contributed by atoms with Crippen LogP contribution in [-0.4, -0.2) is 53.6 Å². The van der Waals surface area contributed by atoms with Crippen LogP contribution in [0.25, 0.3) is 0 Å². The highest BCUT2D eigenvalue weighted by Crippen LogP contribution is 2.68. The van der Waals surface area contributed by atoms with Crippen molar-refractivity contribution in [2.45, 2.75) is 97.2 Å². The molecule has 0 aromatic carbocycles. The van der Waals surface area contributed by atoms with E-state index in [1.165, 1.54) is 6.42 Å². The van der Waals surface area contributed by atoms with Crippen LogP contribution in [0.5, 0.6) is 0 Å². The number of rotatable bonds is 7. The Kier molecular flexibility index (Phi) is 7.47. The summed E-state index contributed by atoms with van der Waals surface area (Å²) in [4.78, 5) is 12.2. The number of carbonyl (C=O) groups excluding carboxylic acids is 1. The lowest BCUT2D eigenvalue weighted by Crippen LogP contribution is -2.58. The Balaban J connectivity index is 1.39. The van der Waals surface area contributed by atoms with Crippen LogP contribution in [-0.2, 0) is 14.9 Å². The maximum atomic E-state index is 12.2. The summed E-state index contributed by atoms with van der Waals surface area (Å²) in [5, 5.41) is 24.2. The first kappa shape index (κ1) is 26.4. The number of carbonyl (C=O) groups is 1. The van der Waals surface area contributed by atoms with E-state index in [1.807, 2.05) is 0 Å². The molecule has 4 rings (SSSR count). The van der Waals surface area contributed by atoms with Crippen LogP contribution >= 0.6 is 0 Å². The highest BCUT2D eigenvalue weighted by Gasteiger charge is 2.62. The molecule has 0 spiro atoms. The largest absolute Gasteiger partial charge is 0.393 e. The van der Waals surface area contributed by atoms with Crippen molar-refractivity contribution in [1.82, 2.24) is 5.32 Å². The second kappa shape index (κ2) is 9.64. The smallest absolute Gasteiger partial charge is 0.266 e. The summed E-state index contributed by atoms with van der Waals surface area (Å²) >= 11 is 0. The summed E-state index contributed by atoms with van der Waals surface area (Å²) in [7, 11) is -4.06. The standard InChI is InChI=1S/C26H45NO6S/c1-16(4-7-23(30)27-12-13-34(31,32)33)19-5-6-20-24-21(9-11-26(19,20)3)25(2)10-8-18(28)14-17(25)15-22(24)29/h16-22,24,28-29H,4-15H2,1-3H3,(H,27,30)(H,31,32,33)/t16-,17+,18-,19-,20?,21+,22-,24+,25+,26-/m1/s1. The van der Waals surface area contributed by atoms with Crippen LogP contribution in [0.2, 0.25) is 0 Å². The summed E-state index contributed by atoms with van der Waals surface area (Å²) in [5.41, 5.74) is 0.411. The first-order valence-corrected chi connectivity index (χ1v) is 15.0. The number of hydrogen-bond donors (Lipinski definition) is 4. The quantitative estimate of drug-likeness (QED) is 0.398. The van der Waals surface area contributed by atoms with Gasteiger partial charge in [0.25, 0.3) is 10.1 Å². The maximum Gasteiger partial charge on any atom is 0.266 e. The Morgan fingerprint density at radius 3 is 2.41 bits per heavy atom. The van der Waals surface area contributed by atoms with Crippen molar-refractivity contribution in [3.63, 3.8) is 0 Å². The number of aliphatic hydroxyl groups is 2. The lowest BCUT2D eigenvalue weighted by molar-refractivity contribution is -0.174. The van der Waals surface area contributed by atoms with Gasteiger partial charge in [0, 0.05) is 13.0 Å². The molecule has 0 aliphatic heterocycles. The lowest BCUT2D eigenvalue weighted by Gasteiger charge is -2.62. The number of hydrogen-bond acceptors (Lipinski definition) is 5. The number of nitrogens with one attached hydrogen (secondary N) is 1. The highest BCUT2D eigenvalue weighted by atomic mass is 32.2. The average Bonchev–Trinajstić information content (AvgIpc) is 3.09. The molecule has 34 heavy (non-hydrogen) atoms. The summed E-state index contributed by atoms with van der Waals surface area (Å²) in [6.45, 7) is 7.05. The minimum atomic E-state index is -4.06. The lowest BCUT2D eigenvalue weighted by atomic mass is 9.43. The van der Waals surface area contributed by atoms with Gasteiger partial charge >= 0.3 is 0 Å². The zero-order valence-corrected chi connectivity index (χ0v) is 21.9. The molecule has 1 unspecified atom stereocenters. The monoisotopic (exact) mass is 499 g/mol. The van der Waals surface area contributed by atoms with Gasteiger partial charge < -0.3 is 15.5 Å². The molecule has 10 atom stereocenters. The van der Waals surface area contributed by atoms with Gasteiger partial charge in [0.15, 0.2) is 0 Å². The van der Waals surface area contributed by atoms with Crippen LogP contribution in [0.15, 0.2) is 0 Å².